The molecule has 21 heavy (non-hydrogen) atoms. The lowest BCUT2D eigenvalue weighted by Crippen LogP contribution is -2.51. The number of nitrogens with one attached hydrogen (secondary N) is 1. The molecular weight excluding hydrogens is 262 g/mol. The smallest absolute Gasteiger partial charge is 0.239 e. The van der Waals surface area contributed by atoms with E-state index in [0.717, 1.165) is 32.1 Å². The van der Waals surface area contributed by atoms with Crippen LogP contribution in [0, 0.1) is 5.92 Å². The Hall–Kier alpha value is -0.610. The van der Waals surface area contributed by atoms with Crippen LogP contribution in [0.2, 0.25) is 0 Å². The van der Waals surface area contributed by atoms with Gasteiger partial charge in [0.2, 0.25) is 5.91 Å². The lowest BCUT2D eigenvalue weighted by atomic mass is 9.90. The van der Waals surface area contributed by atoms with Crippen molar-refractivity contribution in [1.82, 2.24) is 15.1 Å². The minimum Gasteiger partial charge on any atom is -0.341 e. The summed E-state index contributed by atoms with van der Waals surface area (Å²) in [5, 5.41) is 3.37. The summed E-state index contributed by atoms with van der Waals surface area (Å²) in [6, 6.07) is 0.651. The van der Waals surface area contributed by atoms with Gasteiger partial charge in [-0.15, -0.1) is 0 Å². The van der Waals surface area contributed by atoms with Crippen LogP contribution in [0.4, 0.5) is 0 Å². The molecule has 2 rings (SSSR count). The van der Waals surface area contributed by atoms with E-state index in [9.17, 15) is 4.79 Å². The van der Waals surface area contributed by atoms with Crippen molar-refractivity contribution in [3.63, 3.8) is 0 Å². The molecule has 2 heterocycles. The number of rotatable bonds is 4. The molecule has 4 heteroatoms. The fourth-order valence-corrected chi connectivity index (χ4v) is 3.75. The third-order valence-corrected chi connectivity index (χ3v) is 5.56. The molecule has 0 aromatic carbocycles. The summed E-state index contributed by atoms with van der Waals surface area (Å²) >= 11 is 0. The largest absolute Gasteiger partial charge is 0.341 e. The van der Waals surface area contributed by atoms with Crippen molar-refractivity contribution < 1.29 is 4.79 Å². The third kappa shape index (κ3) is 4.43. The number of piperidine rings is 1. The lowest BCUT2D eigenvalue weighted by Gasteiger charge is -2.38. The molecule has 2 atom stereocenters. The summed E-state index contributed by atoms with van der Waals surface area (Å²) in [5.74, 6) is 1.11. The van der Waals surface area contributed by atoms with Crippen molar-refractivity contribution in [1.29, 1.82) is 0 Å². The van der Waals surface area contributed by atoms with Gasteiger partial charge in [0, 0.05) is 19.1 Å². The third-order valence-electron chi connectivity index (χ3n) is 5.56. The summed E-state index contributed by atoms with van der Waals surface area (Å²) in [6.07, 6.45) is 7.34. The van der Waals surface area contributed by atoms with E-state index in [2.05, 4.69) is 29.0 Å². The average Bonchev–Trinajstić information content (AvgIpc) is 2.82. The molecule has 2 aliphatic rings. The molecule has 0 aromatic rings. The van der Waals surface area contributed by atoms with Gasteiger partial charge in [0.25, 0.3) is 0 Å². The molecule has 0 radical (unpaired) electrons. The van der Waals surface area contributed by atoms with Gasteiger partial charge < -0.3 is 10.2 Å². The maximum Gasteiger partial charge on any atom is 0.239 e. The first-order valence-electron chi connectivity index (χ1n) is 8.83. The molecule has 0 saturated carbocycles. The predicted molar refractivity (Wildman–Crippen MR) is 87.3 cm³/mol. The van der Waals surface area contributed by atoms with E-state index < -0.39 is 0 Å². The van der Waals surface area contributed by atoms with Gasteiger partial charge in [-0.1, -0.05) is 12.8 Å². The van der Waals surface area contributed by atoms with Crippen LogP contribution in [0.15, 0.2) is 0 Å². The van der Waals surface area contributed by atoms with Crippen molar-refractivity contribution in [2.45, 2.75) is 64.5 Å². The zero-order valence-corrected chi connectivity index (χ0v) is 14.1. The Bertz CT molecular complexity index is 318. The number of amides is 1. The van der Waals surface area contributed by atoms with Crippen LogP contribution in [-0.2, 0) is 4.79 Å². The number of likely N-dealkylation sites (tertiary alicyclic amines) is 2. The summed E-state index contributed by atoms with van der Waals surface area (Å²) in [5.41, 5.74) is 0. The summed E-state index contributed by atoms with van der Waals surface area (Å²) < 4.78 is 0. The molecular formula is C17H33N3O. The molecule has 2 unspecified atom stereocenters. The topological polar surface area (TPSA) is 35.6 Å². The van der Waals surface area contributed by atoms with Crippen LogP contribution < -0.4 is 5.32 Å². The molecule has 4 nitrogen and oxygen atoms in total. The standard InChI is InChI=1S/C17H33N3O/c1-14(18-3)16-8-12-19(13-9-16)15(2)17(21)20-10-6-4-5-7-11-20/h14-16,18H,4-13H2,1-3H3. The van der Waals surface area contributed by atoms with Gasteiger partial charge in [0.15, 0.2) is 0 Å². The Labute approximate surface area is 130 Å². The van der Waals surface area contributed by atoms with Crippen LogP contribution in [0.5, 0.6) is 0 Å². The zero-order chi connectivity index (χ0) is 15.2. The highest BCUT2D eigenvalue weighted by Crippen LogP contribution is 2.23. The van der Waals surface area contributed by atoms with Gasteiger partial charge >= 0.3 is 0 Å². The molecule has 2 aliphatic heterocycles. The van der Waals surface area contributed by atoms with Gasteiger partial charge in [-0.25, -0.2) is 0 Å². The highest BCUT2D eigenvalue weighted by Gasteiger charge is 2.30. The molecule has 122 valence electrons. The molecule has 1 amide bonds. The molecule has 0 spiro atoms. The zero-order valence-electron chi connectivity index (χ0n) is 14.1. The van der Waals surface area contributed by atoms with E-state index in [1.165, 1.54) is 38.5 Å². The average molecular weight is 295 g/mol. The van der Waals surface area contributed by atoms with Crippen LogP contribution in [0.3, 0.4) is 0 Å². The molecule has 0 aliphatic carbocycles. The number of carbonyl (C=O) groups excluding carboxylic acids is 1. The van der Waals surface area contributed by atoms with E-state index in [0.29, 0.717) is 11.9 Å². The first-order valence-corrected chi connectivity index (χ1v) is 8.83. The first-order chi connectivity index (χ1) is 10.1. The highest BCUT2D eigenvalue weighted by molar-refractivity contribution is 5.81. The monoisotopic (exact) mass is 295 g/mol. The van der Waals surface area contributed by atoms with E-state index in [-0.39, 0.29) is 6.04 Å². The molecule has 0 bridgehead atoms. The fourth-order valence-electron chi connectivity index (χ4n) is 3.75. The predicted octanol–water partition coefficient (Wildman–Crippen LogP) is 2.10. The van der Waals surface area contributed by atoms with Crippen molar-refractivity contribution in [2.75, 3.05) is 33.2 Å². The van der Waals surface area contributed by atoms with Crippen LogP contribution >= 0.6 is 0 Å². The Morgan fingerprint density at radius 3 is 2.10 bits per heavy atom. The maximum atomic E-state index is 12.7. The quantitative estimate of drug-likeness (QED) is 0.863. The van der Waals surface area contributed by atoms with Gasteiger partial charge in [-0.2, -0.15) is 0 Å². The normalized spacial score (nSPS) is 25.4. The number of nitrogens with zero attached hydrogens (tertiary/aromatic N) is 2. The van der Waals surface area contributed by atoms with Gasteiger partial charge in [0.05, 0.1) is 6.04 Å². The van der Waals surface area contributed by atoms with E-state index in [1.807, 2.05) is 7.05 Å². The fraction of sp³-hybridized carbons (Fsp3) is 0.941. The molecule has 2 fully saturated rings. The Morgan fingerprint density at radius 2 is 1.57 bits per heavy atom. The van der Waals surface area contributed by atoms with Crippen molar-refractivity contribution >= 4 is 5.91 Å². The van der Waals surface area contributed by atoms with E-state index in [4.69, 9.17) is 0 Å². The highest BCUT2D eigenvalue weighted by atomic mass is 16.2. The molecule has 2 saturated heterocycles. The Kier molecular flexibility index (Phi) is 6.49. The van der Waals surface area contributed by atoms with Gasteiger partial charge in [-0.3, -0.25) is 9.69 Å². The number of hydrogen-bond donors (Lipinski definition) is 1. The Morgan fingerprint density at radius 1 is 1.00 bits per heavy atom. The number of carbonyl (C=O) groups is 1. The maximum absolute atomic E-state index is 12.7. The summed E-state index contributed by atoms with van der Waals surface area (Å²) in [6.45, 7) is 8.45. The van der Waals surface area contributed by atoms with Crippen molar-refractivity contribution in [3.05, 3.63) is 0 Å². The molecule has 0 aromatic heterocycles. The van der Waals surface area contributed by atoms with Gasteiger partial charge in [0.1, 0.15) is 0 Å². The second kappa shape index (κ2) is 8.14. The minimum absolute atomic E-state index is 0.0638. The SMILES string of the molecule is CNC(C)C1CCN(C(C)C(=O)N2CCCCCC2)CC1. The second-order valence-corrected chi connectivity index (χ2v) is 6.87. The molecule has 1 N–H and O–H groups in total. The van der Waals surface area contributed by atoms with Crippen LogP contribution in [0.25, 0.3) is 0 Å². The van der Waals surface area contributed by atoms with Gasteiger partial charge in [-0.05, 0) is 65.6 Å². The van der Waals surface area contributed by atoms with Crippen LogP contribution in [0.1, 0.15) is 52.4 Å². The lowest BCUT2D eigenvalue weighted by molar-refractivity contribution is -0.137. The minimum atomic E-state index is 0.0638. The van der Waals surface area contributed by atoms with Crippen molar-refractivity contribution in [3.8, 4) is 0 Å². The summed E-state index contributed by atoms with van der Waals surface area (Å²) in [4.78, 5) is 17.2. The summed E-state index contributed by atoms with van der Waals surface area (Å²) in [7, 11) is 2.04. The van der Waals surface area contributed by atoms with Crippen LogP contribution in [-0.4, -0.2) is 61.0 Å². The van der Waals surface area contributed by atoms with Crippen molar-refractivity contribution in [2.24, 2.45) is 5.92 Å². The second-order valence-electron chi connectivity index (χ2n) is 6.87. The number of hydrogen-bond acceptors (Lipinski definition) is 3. The van der Waals surface area contributed by atoms with E-state index in [1.54, 1.807) is 0 Å². The van der Waals surface area contributed by atoms with E-state index >= 15 is 0 Å². The first kappa shape index (κ1) is 16.8. The Balaban J connectivity index is 1.83.